The molecule has 28 heavy (non-hydrogen) atoms. The van der Waals surface area contributed by atoms with Crippen molar-refractivity contribution in [3.8, 4) is 5.75 Å². The SMILES string of the molecule is Cc1ccccc1OCc1ccc(C(=O)NCC23CC4CC(CC(C4)C2)C3)o1. The quantitative estimate of drug-likeness (QED) is 0.758. The van der Waals surface area contributed by atoms with Crippen LogP contribution < -0.4 is 10.1 Å². The number of aryl methyl sites for hydroxylation is 1. The molecule has 4 fully saturated rings. The highest BCUT2D eigenvalue weighted by Gasteiger charge is 2.50. The third-order valence-corrected chi connectivity index (χ3v) is 7.14. The van der Waals surface area contributed by atoms with Gasteiger partial charge in [0.05, 0.1) is 0 Å². The van der Waals surface area contributed by atoms with E-state index in [9.17, 15) is 4.79 Å². The maximum absolute atomic E-state index is 12.6. The van der Waals surface area contributed by atoms with E-state index in [1.54, 1.807) is 6.07 Å². The van der Waals surface area contributed by atoms with Crippen LogP contribution in [0.2, 0.25) is 0 Å². The molecule has 1 N–H and O–H groups in total. The van der Waals surface area contributed by atoms with Crippen LogP contribution in [0.5, 0.6) is 5.75 Å². The number of carbonyl (C=O) groups is 1. The molecule has 2 aromatic rings. The molecule has 1 heterocycles. The van der Waals surface area contributed by atoms with Crippen molar-refractivity contribution in [2.24, 2.45) is 23.2 Å². The summed E-state index contributed by atoms with van der Waals surface area (Å²) in [6, 6.07) is 11.5. The van der Waals surface area contributed by atoms with Gasteiger partial charge in [-0.3, -0.25) is 4.79 Å². The lowest BCUT2D eigenvalue weighted by Crippen LogP contribution is -2.51. The zero-order chi connectivity index (χ0) is 19.1. The fourth-order valence-corrected chi connectivity index (χ4v) is 6.31. The number of carbonyl (C=O) groups excluding carboxylic acids is 1. The first-order valence-electron chi connectivity index (χ1n) is 10.6. The summed E-state index contributed by atoms with van der Waals surface area (Å²) in [7, 11) is 0. The molecule has 148 valence electrons. The van der Waals surface area contributed by atoms with Crippen LogP contribution in [0.4, 0.5) is 0 Å². The van der Waals surface area contributed by atoms with Gasteiger partial charge in [-0.2, -0.15) is 0 Å². The second kappa shape index (κ2) is 6.98. The molecule has 4 nitrogen and oxygen atoms in total. The molecule has 4 heteroatoms. The summed E-state index contributed by atoms with van der Waals surface area (Å²) in [5.41, 5.74) is 1.43. The van der Waals surface area contributed by atoms with Gasteiger partial charge >= 0.3 is 0 Å². The Kier molecular flexibility index (Phi) is 4.45. The van der Waals surface area contributed by atoms with Gasteiger partial charge in [-0.15, -0.1) is 0 Å². The van der Waals surface area contributed by atoms with Crippen LogP contribution in [0, 0.1) is 30.1 Å². The van der Waals surface area contributed by atoms with Gasteiger partial charge in [0.25, 0.3) is 5.91 Å². The van der Waals surface area contributed by atoms with Gasteiger partial charge in [-0.1, -0.05) is 18.2 Å². The summed E-state index contributed by atoms with van der Waals surface area (Å²) in [6.07, 6.45) is 8.17. The lowest BCUT2D eigenvalue weighted by molar-refractivity contribution is -0.0504. The summed E-state index contributed by atoms with van der Waals surface area (Å²) < 4.78 is 11.6. The minimum atomic E-state index is -0.0992. The monoisotopic (exact) mass is 379 g/mol. The van der Waals surface area contributed by atoms with E-state index in [0.717, 1.165) is 35.6 Å². The van der Waals surface area contributed by atoms with Crippen molar-refractivity contribution in [2.45, 2.75) is 52.1 Å². The second-order valence-corrected chi connectivity index (χ2v) is 9.42. The van der Waals surface area contributed by atoms with Crippen molar-refractivity contribution < 1.29 is 13.9 Å². The minimum Gasteiger partial charge on any atom is -0.485 e. The van der Waals surface area contributed by atoms with Gasteiger partial charge < -0.3 is 14.5 Å². The molecule has 0 spiro atoms. The van der Waals surface area contributed by atoms with Gasteiger partial charge in [-0.05, 0) is 92.4 Å². The van der Waals surface area contributed by atoms with Crippen molar-refractivity contribution in [1.29, 1.82) is 0 Å². The summed E-state index contributed by atoms with van der Waals surface area (Å²) in [4.78, 5) is 12.6. The lowest BCUT2D eigenvalue weighted by Gasteiger charge is -2.56. The van der Waals surface area contributed by atoms with Gasteiger partial charge in [0, 0.05) is 6.54 Å². The van der Waals surface area contributed by atoms with Gasteiger partial charge in [-0.25, -0.2) is 0 Å². The molecular weight excluding hydrogens is 350 g/mol. The molecule has 0 radical (unpaired) electrons. The van der Waals surface area contributed by atoms with E-state index in [1.165, 1.54) is 38.5 Å². The maximum Gasteiger partial charge on any atom is 0.287 e. The number of nitrogens with one attached hydrogen (secondary N) is 1. The Morgan fingerprint density at radius 2 is 1.75 bits per heavy atom. The first-order chi connectivity index (χ1) is 13.6. The standard InChI is InChI=1S/C24H29NO3/c1-16-4-2-3-5-21(16)27-14-20-6-7-22(28-20)23(26)25-15-24-11-17-8-18(12-24)10-19(9-17)13-24/h2-7,17-19H,8-15H2,1H3,(H,25,26). The Balaban J connectivity index is 1.17. The summed E-state index contributed by atoms with van der Waals surface area (Å²) in [5, 5.41) is 3.18. The fraction of sp³-hybridized carbons (Fsp3) is 0.542. The van der Waals surface area contributed by atoms with Crippen LogP contribution in [0.25, 0.3) is 0 Å². The average Bonchev–Trinajstić information content (AvgIpc) is 3.14. The van der Waals surface area contributed by atoms with Crippen LogP contribution in [-0.4, -0.2) is 12.5 Å². The van der Waals surface area contributed by atoms with Crippen molar-refractivity contribution in [2.75, 3.05) is 6.54 Å². The van der Waals surface area contributed by atoms with E-state index in [1.807, 2.05) is 37.3 Å². The summed E-state index contributed by atoms with van der Waals surface area (Å²) in [6.45, 7) is 3.14. The molecular formula is C24H29NO3. The molecule has 4 aliphatic carbocycles. The highest BCUT2D eigenvalue weighted by molar-refractivity contribution is 5.91. The Bertz CT molecular complexity index is 833. The zero-order valence-electron chi connectivity index (χ0n) is 16.6. The van der Waals surface area contributed by atoms with E-state index in [0.29, 0.717) is 23.5 Å². The molecule has 4 bridgehead atoms. The minimum absolute atomic E-state index is 0.0992. The summed E-state index contributed by atoms with van der Waals surface area (Å²) in [5.74, 6) is 4.49. The molecule has 0 unspecified atom stereocenters. The topological polar surface area (TPSA) is 51.5 Å². The van der Waals surface area contributed by atoms with Crippen LogP contribution in [-0.2, 0) is 6.61 Å². The van der Waals surface area contributed by atoms with Gasteiger partial charge in [0.2, 0.25) is 0 Å². The number of benzene rings is 1. The molecule has 4 saturated carbocycles. The fourth-order valence-electron chi connectivity index (χ4n) is 6.31. The van der Waals surface area contributed by atoms with Crippen LogP contribution in [0.1, 0.15) is 60.4 Å². The predicted molar refractivity (Wildman–Crippen MR) is 107 cm³/mol. The highest BCUT2D eigenvalue weighted by Crippen LogP contribution is 2.59. The lowest BCUT2D eigenvalue weighted by atomic mass is 9.49. The van der Waals surface area contributed by atoms with Crippen LogP contribution in [0.3, 0.4) is 0 Å². The Morgan fingerprint density at radius 3 is 2.43 bits per heavy atom. The number of ether oxygens (including phenoxy) is 1. The van der Waals surface area contributed by atoms with E-state index >= 15 is 0 Å². The van der Waals surface area contributed by atoms with E-state index in [-0.39, 0.29) is 5.91 Å². The van der Waals surface area contributed by atoms with Crippen LogP contribution >= 0.6 is 0 Å². The third-order valence-electron chi connectivity index (χ3n) is 7.14. The van der Waals surface area contributed by atoms with Gasteiger partial charge in [0.15, 0.2) is 5.76 Å². The van der Waals surface area contributed by atoms with Crippen molar-refractivity contribution in [3.05, 3.63) is 53.5 Å². The van der Waals surface area contributed by atoms with E-state index < -0.39 is 0 Å². The Morgan fingerprint density at radius 1 is 1.07 bits per heavy atom. The molecule has 1 aromatic carbocycles. The summed E-state index contributed by atoms with van der Waals surface area (Å²) >= 11 is 0. The van der Waals surface area contributed by atoms with Crippen molar-refractivity contribution in [3.63, 3.8) is 0 Å². The average molecular weight is 380 g/mol. The number of hydrogen-bond acceptors (Lipinski definition) is 3. The van der Waals surface area contributed by atoms with Crippen molar-refractivity contribution >= 4 is 5.91 Å². The smallest absolute Gasteiger partial charge is 0.287 e. The molecule has 0 saturated heterocycles. The van der Waals surface area contributed by atoms with Gasteiger partial charge in [0.1, 0.15) is 18.1 Å². The molecule has 0 atom stereocenters. The Labute approximate surface area is 166 Å². The van der Waals surface area contributed by atoms with E-state index in [2.05, 4.69) is 5.32 Å². The van der Waals surface area contributed by atoms with Crippen LogP contribution in [0.15, 0.2) is 40.8 Å². The molecule has 6 rings (SSSR count). The highest BCUT2D eigenvalue weighted by atomic mass is 16.5. The molecule has 1 aromatic heterocycles. The maximum atomic E-state index is 12.6. The number of amides is 1. The number of rotatable bonds is 6. The molecule has 0 aliphatic heterocycles. The molecule has 4 aliphatic rings. The molecule has 1 amide bonds. The largest absolute Gasteiger partial charge is 0.485 e. The normalized spacial score (nSPS) is 30.4. The third kappa shape index (κ3) is 3.45. The predicted octanol–water partition coefficient (Wildman–Crippen LogP) is 5.11. The second-order valence-electron chi connectivity index (χ2n) is 9.42. The van der Waals surface area contributed by atoms with E-state index in [4.69, 9.17) is 9.15 Å². The first-order valence-corrected chi connectivity index (χ1v) is 10.6. The number of hydrogen-bond donors (Lipinski definition) is 1. The zero-order valence-corrected chi connectivity index (χ0v) is 16.6. The number of furan rings is 1. The van der Waals surface area contributed by atoms with Crippen molar-refractivity contribution in [1.82, 2.24) is 5.32 Å². The number of para-hydroxylation sites is 1. The first kappa shape index (κ1) is 17.8. The Hall–Kier alpha value is -2.23.